The second kappa shape index (κ2) is 5.71. The third-order valence-corrected chi connectivity index (χ3v) is 2.27. The molecular formula is C13H13F3O2. The van der Waals surface area contributed by atoms with E-state index in [-0.39, 0.29) is 6.61 Å². The first kappa shape index (κ1) is 14.3. The molecule has 5 heteroatoms. The largest absolute Gasteiger partial charge is 0.463 e. The van der Waals surface area contributed by atoms with Crippen LogP contribution in [0.3, 0.4) is 0 Å². The van der Waals surface area contributed by atoms with Crippen molar-refractivity contribution in [1.29, 1.82) is 0 Å². The van der Waals surface area contributed by atoms with Crippen molar-refractivity contribution in [3.63, 3.8) is 0 Å². The lowest BCUT2D eigenvalue weighted by Gasteiger charge is -2.08. The first-order valence-electron chi connectivity index (χ1n) is 5.37. The molecule has 0 spiro atoms. The lowest BCUT2D eigenvalue weighted by molar-refractivity contribution is -0.138. The molecule has 0 aliphatic rings. The van der Waals surface area contributed by atoms with Crippen LogP contribution in [-0.2, 0) is 15.7 Å². The van der Waals surface area contributed by atoms with Crippen molar-refractivity contribution in [2.75, 3.05) is 6.61 Å². The van der Waals surface area contributed by atoms with Crippen LogP contribution in [0.2, 0.25) is 0 Å². The second-order valence-electron chi connectivity index (χ2n) is 3.66. The number of carbonyl (C=O) groups is 1. The Morgan fingerprint density at radius 1 is 1.39 bits per heavy atom. The van der Waals surface area contributed by atoms with Crippen molar-refractivity contribution in [2.45, 2.75) is 20.0 Å². The van der Waals surface area contributed by atoms with E-state index in [1.54, 1.807) is 13.8 Å². The second-order valence-corrected chi connectivity index (χ2v) is 3.66. The highest BCUT2D eigenvalue weighted by Crippen LogP contribution is 2.30. The smallest absolute Gasteiger partial charge is 0.416 e. The molecule has 0 saturated heterocycles. The van der Waals surface area contributed by atoms with Gasteiger partial charge in [0.25, 0.3) is 0 Å². The number of ether oxygens (including phenoxy) is 1. The molecule has 18 heavy (non-hydrogen) atoms. The molecule has 98 valence electrons. The standard InChI is InChI=1S/C13H13F3O2/c1-3-18-12(17)7-9(2)10-5-4-6-11(8-10)13(14,15)16/h4-8H,3H2,1-2H3/b9-7-. The number of benzene rings is 1. The third kappa shape index (κ3) is 3.91. The van der Waals surface area contributed by atoms with E-state index < -0.39 is 17.7 Å². The monoisotopic (exact) mass is 258 g/mol. The molecule has 0 N–H and O–H groups in total. The van der Waals surface area contributed by atoms with E-state index in [4.69, 9.17) is 4.74 Å². The average molecular weight is 258 g/mol. The highest BCUT2D eigenvalue weighted by Gasteiger charge is 2.30. The van der Waals surface area contributed by atoms with Crippen LogP contribution in [0.5, 0.6) is 0 Å². The van der Waals surface area contributed by atoms with Crippen molar-refractivity contribution in [2.24, 2.45) is 0 Å². The quantitative estimate of drug-likeness (QED) is 0.610. The van der Waals surface area contributed by atoms with E-state index in [9.17, 15) is 18.0 Å². The summed E-state index contributed by atoms with van der Waals surface area (Å²) in [6, 6.07) is 4.81. The van der Waals surface area contributed by atoms with Gasteiger partial charge in [0.1, 0.15) is 0 Å². The van der Waals surface area contributed by atoms with Crippen LogP contribution >= 0.6 is 0 Å². The minimum atomic E-state index is -4.39. The molecule has 0 aliphatic heterocycles. The summed E-state index contributed by atoms with van der Waals surface area (Å²) < 4.78 is 42.2. The number of allylic oxidation sites excluding steroid dienone is 1. The van der Waals surface area contributed by atoms with Gasteiger partial charge in [-0.1, -0.05) is 12.1 Å². The van der Waals surface area contributed by atoms with Crippen molar-refractivity contribution in [3.05, 3.63) is 41.5 Å². The molecule has 0 amide bonds. The maximum atomic E-state index is 12.5. The number of carbonyl (C=O) groups excluding carboxylic acids is 1. The lowest BCUT2D eigenvalue weighted by Crippen LogP contribution is -2.05. The predicted octanol–water partition coefficient (Wildman–Crippen LogP) is 3.67. The molecule has 0 aromatic heterocycles. The molecule has 0 heterocycles. The number of esters is 1. The summed E-state index contributed by atoms with van der Waals surface area (Å²) in [6.07, 6.45) is -3.21. The van der Waals surface area contributed by atoms with Gasteiger partial charge in [0, 0.05) is 6.08 Å². The summed E-state index contributed by atoms with van der Waals surface area (Å²) in [7, 11) is 0. The van der Waals surface area contributed by atoms with Gasteiger partial charge in [-0.15, -0.1) is 0 Å². The maximum absolute atomic E-state index is 12.5. The molecule has 2 nitrogen and oxygen atoms in total. The minimum Gasteiger partial charge on any atom is -0.463 e. The topological polar surface area (TPSA) is 26.3 Å². The molecule has 1 rings (SSSR count). The summed E-state index contributed by atoms with van der Waals surface area (Å²) in [6.45, 7) is 3.45. The highest BCUT2D eigenvalue weighted by molar-refractivity contribution is 5.90. The van der Waals surface area contributed by atoms with Gasteiger partial charge < -0.3 is 4.74 Å². The fourth-order valence-electron chi connectivity index (χ4n) is 1.38. The fourth-order valence-corrected chi connectivity index (χ4v) is 1.38. The van der Waals surface area contributed by atoms with Gasteiger partial charge >= 0.3 is 12.1 Å². The molecule has 0 bridgehead atoms. The average Bonchev–Trinajstić information content (AvgIpc) is 2.28. The molecule has 1 aromatic carbocycles. The van der Waals surface area contributed by atoms with Crippen molar-refractivity contribution < 1.29 is 22.7 Å². The lowest BCUT2D eigenvalue weighted by atomic mass is 10.0. The Bertz CT molecular complexity index is 462. The molecule has 1 aromatic rings. The molecule has 0 fully saturated rings. The Morgan fingerprint density at radius 3 is 2.61 bits per heavy atom. The van der Waals surface area contributed by atoms with Gasteiger partial charge in [0.2, 0.25) is 0 Å². The Morgan fingerprint density at radius 2 is 2.06 bits per heavy atom. The van der Waals surface area contributed by atoms with Gasteiger partial charge in [0.15, 0.2) is 0 Å². The van der Waals surface area contributed by atoms with Gasteiger partial charge in [-0.3, -0.25) is 0 Å². The van der Waals surface area contributed by atoms with E-state index >= 15 is 0 Å². The summed E-state index contributed by atoms with van der Waals surface area (Å²) in [5.74, 6) is -0.563. The van der Waals surface area contributed by atoms with Crippen LogP contribution in [0, 0.1) is 0 Å². The Balaban J connectivity index is 3.00. The van der Waals surface area contributed by atoms with Crippen LogP contribution in [0.25, 0.3) is 5.57 Å². The molecule has 0 aliphatic carbocycles. The summed E-state index contributed by atoms with van der Waals surface area (Å²) >= 11 is 0. The van der Waals surface area contributed by atoms with E-state index in [1.165, 1.54) is 18.2 Å². The Hall–Kier alpha value is -1.78. The molecular weight excluding hydrogens is 245 g/mol. The fraction of sp³-hybridized carbons (Fsp3) is 0.308. The number of rotatable bonds is 3. The van der Waals surface area contributed by atoms with E-state index in [2.05, 4.69) is 0 Å². The van der Waals surface area contributed by atoms with Crippen LogP contribution in [0.1, 0.15) is 25.0 Å². The predicted molar refractivity (Wildman–Crippen MR) is 61.7 cm³/mol. The zero-order valence-corrected chi connectivity index (χ0v) is 10.0. The number of halogens is 3. The molecule has 0 saturated carbocycles. The summed E-state index contributed by atoms with van der Waals surface area (Å²) in [5, 5.41) is 0. The highest BCUT2D eigenvalue weighted by atomic mass is 19.4. The summed E-state index contributed by atoms with van der Waals surface area (Å²) in [4.78, 5) is 11.2. The van der Waals surface area contributed by atoms with E-state index in [1.807, 2.05) is 0 Å². The Labute approximate surface area is 103 Å². The van der Waals surface area contributed by atoms with Crippen LogP contribution in [0.15, 0.2) is 30.3 Å². The first-order chi connectivity index (χ1) is 8.34. The first-order valence-corrected chi connectivity index (χ1v) is 5.37. The van der Waals surface area contributed by atoms with Crippen molar-refractivity contribution in [1.82, 2.24) is 0 Å². The van der Waals surface area contributed by atoms with E-state index in [0.717, 1.165) is 12.1 Å². The number of hydrogen-bond acceptors (Lipinski definition) is 2. The van der Waals surface area contributed by atoms with Gasteiger partial charge in [0.05, 0.1) is 12.2 Å². The molecule has 0 radical (unpaired) electrons. The van der Waals surface area contributed by atoms with Crippen LogP contribution in [-0.4, -0.2) is 12.6 Å². The minimum absolute atomic E-state index is 0.227. The summed E-state index contributed by atoms with van der Waals surface area (Å²) in [5.41, 5.74) is 0.0361. The van der Waals surface area contributed by atoms with Gasteiger partial charge in [-0.05, 0) is 37.1 Å². The van der Waals surface area contributed by atoms with Crippen molar-refractivity contribution >= 4 is 11.5 Å². The van der Waals surface area contributed by atoms with Crippen LogP contribution in [0.4, 0.5) is 13.2 Å². The number of alkyl halides is 3. The van der Waals surface area contributed by atoms with Gasteiger partial charge in [-0.2, -0.15) is 13.2 Å². The van der Waals surface area contributed by atoms with Gasteiger partial charge in [-0.25, -0.2) is 4.79 Å². The van der Waals surface area contributed by atoms with Crippen LogP contribution < -0.4 is 0 Å². The Kier molecular flexibility index (Phi) is 4.53. The molecule has 0 unspecified atom stereocenters. The number of hydrogen-bond donors (Lipinski definition) is 0. The van der Waals surface area contributed by atoms with E-state index in [0.29, 0.717) is 11.1 Å². The SMILES string of the molecule is CCOC(=O)/C=C(/C)c1cccc(C(F)(F)F)c1. The zero-order valence-electron chi connectivity index (χ0n) is 10.0. The maximum Gasteiger partial charge on any atom is 0.416 e. The third-order valence-electron chi connectivity index (χ3n) is 2.27. The zero-order chi connectivity index (χ0) is 13.8. The molecule has 0 atom stereocenters. The normalized spacial score (nSPS) is 12.4. The van der Waals surface area contributed by atoms with Crippen molar-refractivity contribution in [3.8, 4) is 0 Å².